The van der Waals surface area contributed by atoms with Gasteiger partial charge in [0.2, 0.25) is 0 Å². The van der Waals surface area contributed by atoms with Crippen LogP contribution in [0.15, 0.2) is 51.4 Å². The van der Waals surface area contributed by atoms with E-state index >= 15 is 0 Å². The average Bonchev–Trinajstić information content (AvgIpc) is 2.45. The lowest BCUT2D eigenvalue weighted by Crippen LogP contribution is -1.99. The second-order valence-corrected chi connectivity index (χ2v) is 7.17. The van der Waals surface area contributed by atoms with Crippen molar-refractivity contribution in [2.75, 3.05) is 5.33 Å². The normalized spacial score (nSPS) is 13.0. The van der Waals surface area contributed by atoms with Crippen LogP contribution >= 0.6 is 47.8 Å². The molecule has 0 bridgehead atoms. The van der Waals surface area contributed by atoms with Gasteiger partial charge in [0.1, 0.15) is 0 Å². The van der Waals surface area contributed by atoms with Gasteiger partial charge in [-0.2, -0.15) is 0 Å². The molecule has 3 rings (SSSR count). The maximum atomic E-state index is 10.3. The zero-order valence-corrected chi connectivity index (χ0v) is 15.2. The van der Waals surface area contributed by atoms with Gasteiger partial charge in [0, 0.05) is 14.3 Å². The first-order valence-electron chi connectivity index (χ1n) is 6.15. The van der Waals surface area contributed by atoms with E-state index in [2.05, 4.69) is 78.1 Å². The maximum absolute atomic E-state index is 10.3. The Balaban J connectivity index is 2.47. The first-order valence-corrected chi connectivity index (χ1v) is 8.86. The number of hydrogen-bond acceptors (Lipinski definition) is 1. The summed E-state index contributed by atoms with van der Waals surface area (Å²) in [4.78, 5) is 0. The second kappa shape index (κ2) is 5.76. The van der Waals surface area contributed by atoms with Crippen molar-refractivity contribution in [2.24, 2.45) is 0 Å². The summed E-state index contributed by atoms with van der Waals surface area (Å²) in [6, 6.07) is 14.5. The zero-order valence-electron chi connectivity index (χ0n) is 10.4. The smallest absolute Gasteiger partial charge is 0.0893 e. The molecule has 0 unspecified atom stereocenters. The summed E-state index contributed by atoms with van der Waals surface area (Å²) in [6.07, 6.45) is -0.512. The molecule has 3 aromatic carbocycles. The van der Waals surface area contributed by atoms with Crippen LogP contribution in [-0.4, -0.2) is 10.4 Å². The Bertz CT molecular complexity index is 798. The number of hydrogen-bond donors (Lipinski definition) is 1. The van der Waals surface area contributed by atoms with Crippen molar-refractivity contribution in [3.8, 4) is 0 Å². The lowest BCUT2D eigenvalue weighted by Gasteiger charge is -2.14. The van der Waals surface area contributed by atoms with Crippen molar-refractivity contribution >= 4 is 69.3 Å². The molecule has 0 aliphatic carbocycles. The molecule has 0 heterocycles. The van der Waals surface area contributed by atoms with E-state index < -0.39 is 6.10 Å². The minimum absolute atomic E-state index is 0.512. The van der Waals surface area contributed by atoms with Crippen LogP contribution in [0.1, 0.15) is 11.7 Å². The highest BCUT2D eigenvalue weighted by molar-refractivity contribution is 9.10. The zero-order chi connectivity index (χ0) is 14.3. The molecule has 1 nitrogen and oxygen atoms in total. The summed E-state index contributed by atoms with van der Waals surface area (Å²) in [6.45, 7) is 0. The lowest BCUT2D eigenvalue weighted by molar-refractivity contribution is 0.207. The Kier molecular flexibility index (Phi) is 4.18. The Labute approximate surface area is 142 Å². The van der Waals surface area contributed by atoms with Crippen LogP contribution in [0, 0.1) is 0 Å². The highest BCUT2D eigenvalue weighted by Gasteiger charge is 2.13. The highest BCUT2D eigenvalue weighted by Crippen LogP contribution is 2.35. The van der Waals surface area contributed by atoms with Crippen molar-refractivity contribution in [3.05, 3.63) is 57.0 Å². The summed E-state index contributed by atoms with van der Waals surface area (Å²) >= 11 is 10.4. The SMILES string of the molecule is O[C@@H](CBr)c1cc2cc(Br)ccc2c2cc(Br)ccc12. The Hall–Kier alpha value is -0.420. The van der Waals surface area contributed by atoms with E-state index in [1.54, 1.807) is 0 Å². The predicted octanol–water partition coefficient (Wildman–Crippen LogP) is 5.95. The van der Waals surface area contributed by atoms with E-state index in [0.29, 0.717) is 5.33 Å². The van der Waals surface area contributed by atoms with Gasteiger partial charge in [-0.3, -0.25) is 0 Å². The molecule has 0 radical (unpaired) electrons. The lowest BCUT2D eigenvalue weighted by atomic mass is 9.95. The molecule has 0 fully saturated rings. The van der Waals surface area contributed by atoms with E-state index in [-0.39, 0.29) is 0 Å². The topological polar surface area (TPSA) is 20.2 Å². The Morgan fingerprint density at radius 3 is 2.20 bits per heavy atom. The Morgan fingerprint density at radius 2 is 1.50 bits per heavy atom. The first kappa shape index (κ1) is 14.5. The van der Waals surface area contributed by atoms with E-state index in [1.165, 1.54) is 5.39 Å². The Morgan fingerprint density at radius 1 is 0.850 bits per heavy atom. The van der Waals surface area contributed by atoms with Gasteiger partial charge in [0.05, 0.1) is 6.10 Å². The molecule has 1 atom stereocenters. The van der Waals surface area contributed by atoms with Crippen molar-refractivity contribution in [1.82, 2.24) is 0 Å². The second-order valence-electron chi connectivity index (χ2n) is 4.69. The van der Waals surface area contributed by atoms with Crippen LogP contribution in [0.3, 0.4) is 0 Å². The summed E-state index contributed by atoms with van der Waals surface area (Å²) in [5.74, 6) is 0. The average molecular weight is 459 g/mol. The van der Waals surface area contributed by atoms with Gasteiger partial charge < -0.3 is 5.11 Å². The molecule has 0 saturated heterocycles. The molecule has 0 aliphatic rings. The minimum Gasteiger partial charge on any atom is -0.388 e. The quantitative estimate of drug-likeness (QED) is 0.372. The monoisotopic (exact) mass is 456 g/mol. The number of fused-ring (bicyclic) bond motifs is 3. The molecule has 102 valence electrons. The highest BCUT2D eigenvalue weighted by atomic mass is 79.9. The molecule has 3 aromatic rings. The van der Waals surface area contributed by atoms with Crippen molar-refractivity contribution in [1.29, 1.82) is 0 Å². The molecule has 0 amide bonds. The largest absolute Gasteiger partial charge is 0.388 e. The number of aliphatic hydroxyl groups excluding tert-OH is 1. The summed E-state index contributed by atoms with van der Waals surface area (Å²) in [5, 5.41) is 15.3. The number of halogens is 3. The third kappa shape index (κ3) is 2.54. The van der Waals surface area contributed by atoms with Gasteiger partial charge in [0.15, 0.2) is 0 Å². The number of alkyl halides is 1. The summed E-state index contributed by atoms with van der Waals surface area (Å²) < 4.78 is 2.08. The number of aliphatic hydroxyl groups is 1. The van der Waals surface area contributed by atoms with Crippen LogP contribution in [0.5, 0.6) is 0 Å². The fourth-order valence-corrected chi connectivity index (χ4v) is 3.58. The van der Waals surface area contributed by atoms with Gasteiger partial charge in [0.25, 0.3) is 0 Å². The van der Waals surface area contributed by atoms with Crippen LogP contribution in [0.2, 0.25) is 0 Å². The van der Waals surface area contributed by atoms with Crippen molar-refractivity contribution in [2.45, 2.75) is 6.10 Å². The van der Waals surface area contributed by atoms with E-state index in [0.717, 1.165) is 30.7 Å². The van der Waals surface area contributed by atoms with Gasteiger partial charge >= 0.3 is 0 Å². The fraction of sp³-hybridized carbons (Fsp3) is 0.125. The number of rotatable bonds is 2. The van der Waals surface area contributed by atoms with Crippen LogP contribution in [-0.2, 0) is 0 Å². The molecule has 0 spiro atoms. The number of benzene rings is 3. The van der Waals surface area contributed by atoms with Crippen molar-refractivity contribution < 1.29 is 5.11 Å². The van der Waals surface area contributed by atoms with E-state index in [9.17, 15) is 5.11 Å². The molecule has 1 N–H and O–H groups in total. The molecule has 0 aromatic heterocycles. The first-order chi connectivity index (χ1) is 9.60. The minimum atomic E-state index is -0.512. The van der Waals surface area contributed by atoms with Crippen LogP contribution in [0.4, 0.5) is 0 Å². The molecule has 0 aliphatic heterocycles. The molecule has 0 saturated carbocycles. The summed E-state index contributed by atoms with van der Waals surface area (Å²) in [7, 11) is 0. The summed E-state index contributed by atoms with van der Waals surface area (Å²) in [5.41, 5.74) is 0.954. The van der Waals surface area contributed by atoms with Gasteiger partial charge in [-0.05, 0) is 57.4 Å². The van der Waals surface area contributed by atoms with Crippen molar-refractivity contribution in [3.63, 3.8) is 0 Å². The molecular weight excluding hydrogens is 448 g/mol. The third-order valence-corrected chi connectivity index (χ3v) is 5.01. The molecule has 4 heteroatoms. The van der Waals surface area contributed by atoms with Crippen LogP contribution in [0.25, 0.3) is 21.5 Å². The van der Waals surface area contributed by atoms with Gasteiger partial charge in [-0.1, -0.05) is 59.9 Å². The van der Waals surface area contributed by atoms with E-state index in [4.69, 9.17) is 0 Å². The maximum Gasteiger partial charge on any atom is 0.0893 e. The van der Waals surface area contributed by atoms with Gasteiger partial charge in [-0.25, -0.2) is 0 Å². The van der Waals surface area contributed by atoms with E-state index in [1.807, 2.05) is 12.1 Å². The standard InChI is InChI=1S/C16H11Br3O/c17-8-16(20)15-6-9-5-10(18)1-3-12(9)14-7-11(19)2-4-13(14)15/h1-7,16,20H,8H2/t16-/m0/s1. The predicted molar refractivity (Wildman–Crippen MR) is 95.6 cm³/mol. The third-order valence-electron chi connectivity index (χ3n) is 3.41. The molecular formula is C16H11Br3O. The molecule has 20 heavy (non-hydrogen) atoms. The van der Waals surface area contributed by atoms with Gasteiger partial charge in [-0.15, -0.1) is 0 Å². The van der Waals surface area contributed by atoms with Crippen LogP contribution < -0.4 is 0 Å². The fourth-order valence-electron chi connectivity index (χ4n) is 2.49.